The maximum atomic E-state index is 4.00. The molecule has 1 aromatic rings. The fourth-order valence-corrected chi connectivity index (χ4v) is 2.28. The van der Waals surface area contributed by atoms with E-state index < -0.39 is 0 Å². The molecule has 0 radical (unpaired) electrons. The van der Waals surface area contributed by atoms with Gasteiger partial charge in [0.25, 0.3) is 0 Å². The molecular formula is C7H11N5. The number of nitrogens with zero attached hydrogens (tertiary/aromatic N) is 4. The Hall–Kier alpha value is -0.970. The molecule has 64 valence electrons. The van der Waals surface area contributed by atoms with E-state index in [-0.39, 0.29) is 0 Å². The molecule has 3 rings (SSSR count). The molecule has 1 N–H and O–H groups in total. The Bertz CT molecular complexity index is 259. The number of piperidine rings is 1. The van der Waals surface area contributed by atoms with Crippen LogP contribution in [0.2, 0.25) is 0 Å². The van der Waals surface area contributed by atoms with Crippen molar-refractivity contribution in [2.45, 2.75) is 6.54 Å². The van der Waals surface area contributed by atoms with Crippen molar-refractivity contribution in [1.82, 2.24) is 25.5 Å². The van der Waals surface area contributed by atoms with E-state index in [9.17, 15) is 0 Å². The largest absolute Gasteiger partial charge is 0.316 e. The minimum absolute atomic E-state index is 0.806. The lowest BCUT2D eigenvalue weighted by Gasteiger charge is -2.01. The summed E-state index contributed by atoms with van der Waals surface area (Å²) < 4.78 is 0. The summed E-state index contributed by atoms with van der Waals surface area (Å²) in [5.41, 5.74) is 0. The Labute approximate surface area is 70.1 Å². The van der Waals surface area contributed by atoms with E-state index in [1.807, 2.05) is 0 Å². The summed E-state index contributed by atoms with van der Waals surface area (Å²) in [6, 6.07) is 0. The highest BCUT2D eigenvalue weighted by atomic mass is 15.6. The van der Waals surface area contributed by atoms with Crippen LogP contribution in [0, 0.1) is 17.8 Å². The molecule has 1 aliphatic heterocycles. The minimum atomic E-state index is 0.806. The van der Waals surface area contributed by atoms with E-state index in [0.717, 1.165) is 24.3 Å². The lowest BCUT2D eigenvalue weighted by Crippen LogP contribution is -2.17. The number of hydrogen-bond donors (Lipinski definition) is 1. The molecule has 2 heterocycles. The smallest absolute Gasteiger partial charge is 0.162 e. The van der Waals surface area contributed by atoms with Crippen molar-refractivity contribution in [3.63, 3.8) is 0 Å². The maximum absolute atomic E-state index is 4.00. The summed E-state index contributed by atoms with van der Waals surface area (Å²) in [6.07, 6.45) is 1.50. The van der Waals surface area contributed by atoms with E-state index in [2.05, 4.69) is 20.7 Å². The first-order valence-electron chi connectivity index (χ1n) is 4.36. The zero-order valence-electron chi connectivity index (χ0n) is 6.72. The monoisotopic (exact) mass is 165 g/mol. The second-order valence-electron chi connectivity index (χ2n) is 3.64. The van der Waals surface area contributed by atoms with E-state index in [0.29, 0.717) is 0 Å². The molecule has 0 unspecified atom stereocenters. The molecule has 0 bridgehead atoms. The molecule has 2 aliphatic rings. The fraction of sp³-hybridized carbons (Fsp3) is 0.857. The molecule has 5 nitrogen and oxygen atoms in total. The van der Waals surface area contributed by atoms with Crippen LogP contribution in [0.5, 0.6) is 0 Å². The molecule has 0 spiro atoms. The highest BCUT2D eigenvalue weighted by molar-refractivity contribution is 5.02. The van der Waals surface area contributed by atoms with Gasteiger partial charge in [-0.25, -0.2) is 0 Å². The molecule has 1 saturated heterocycles. The number of fused-ring (bicyclic) bond motifs is 1. The number of tetrazole rings is 1. The molecule has 5 heteroatoms. The van der Waals surface area contributed by atoms with Crippen molar-refractivity contribution < 1.29 is 0 Å². The van der Waals surface area contributed by atoms with Gasteiger partial charge in [0.05, 0.1) is 6.54 Å². The van der Waals surface area contributed by atoms with E-state index in [1.165, 1.54) is 19.4 Å². The van der Waals surface area contributed by atoms with E-state index in [4.69, 9.17) is 0 Å². The van der Waals surface area contributed by atoms with E-state index in [1.54, 1.807) is 4.80 Å². The van der Waals surface area contributed by atoms with Gasteiger partial charge in [-0.2, -0.15) is 4.80 Å². The molecule has 1 saturated carbocycles. The topological polar surface area (TPSA) is 55.6 Å². The van der Waals surface area contributed by atoms with Gasteiger partial charge in [0, 0.05) is 0 Å². The molecule has 12 heavy (non-hydrogen) atoms. The quantitative estimate of drug-likeness (QED) is 0.619. The van der Waals surface area contributed by atoms with Crippen LogP contribution in [0.3, 0.4) is 0 Å². The van der Waals surface area contributed by atoms with Gasteiger partial charge in [0.15, 0.2) is 6.33 Å². The van der Waals surface area contributed by atoms with Crippen LogP contribution in [0.1, 0.15) is 0 Å². The van der Waals surface area contributed by atoms with Crippen LogP contribution >= 0.6 is 0 Å². The van der Waals surface area contributed by atoms with Crippen LogP contribution in [0.15, 0.2) is 6.33 Å². The van der Waals surface area contributed by atoms with Crippen LogP contribution in [-0.2, 0) is 6.54 Å². The predicted molar refractivity (Wildman–Crippen MR) is 41.2 cm³/mol. The average molecular weight is 165 g/mol. The summed E-state index contributed by atoms with van der Waals surface area (Å²) in [5, 5.41) is 14.9. The van der Waals surface area contributed by atoms with Crippen molar-refractivity contribution in [3.8, 4) is 0 Å². The van der Waals surface area contributed by atoms with Gasteiger partial charge < -0.3 is 5.32 Å². The third kappa shape index (κ3) is 0.859. The first-order valence-corrected chi connectivity index (χ1v) is 4.36. The summed E-state index contributed by atoms with van der Waals surface area (Å²) in [6.45, 7) is 3.32. The molecule has 3 atom stereocenters. The SMILES string of the molecule is c1nnn(C[C@H]2[C@@H]3CNC[C@@H]32)n1. The van der Waals surface area contributed by atoms with Gasteiger partial charge in [-0.15, -0.1) is 10.2 Å². The molecule has 0 amide bonds. The first kappa shape index (κ1) is 6.54. The van der Waals surface area contributed by atoms with Gasteiger partial charge in [-0.1, -0.05) is 0 Å². The standard InChI is InChI=1S/C7H11N5/c1-5-6(2-8-1)7(5)3-12-10-4-9-11-12/h4-8H,1-3H2/t5-,6+,7+. The minimum Gasteiger partial charge on any atom is -0.316 e. The second-order valence-corrected chi connectivity index (χ2v) is 3.64. The third-order valence-electron chi connectivity index (χ3n) is 3.03. The zero-order valence-corrected chi connectivity index (χ0v) is 6.72. The number of hydrogen-bond acceptors (Lipinski definition) is 4. The Morgan fingerprint density at radius 3 is 2.92 bits per heavy atom. The van der Waals surface area contributed by atoms with Gasteiger partial charge in [0.1, 0.15) is 0 Å². The van der Waals surface area contributed by atoms with Crippen molar-refractivity contribution in [3.05, 3.63) is 6.33 Å². The molecule has 0 aromatic carbocycles. The number of aromatic nitrogens is 4. The molecule has 1 aliphatic carbocycles. The molecular weight excluding hydrogens is 154 g/mol. The summed E-state index contributed by atoms with van der Waals surface area (Å²) in [4.78, 5) is 1.70. The second kappa shape index (κ2) is 2.26. The summed E-state index contributed by atoms with van der Waals surface area (Å²) in [5.74, 6) is 2.58. The van der Waals surface area contributed by atoms with Gasteiger partial charge in [-0.05, 0) is 36.1 Å². The Balaban J connectivity index is 1.65. The van der Waals surface area contributed by atoms with E-state index >= 15 is 0 Å². The Morgan fingerprint density at radius 2 is 2.25 bits per heavy atom. The fourth-order valence-electron chi connectivity index (χ4n) is 2.28. The summed E-state index contributed by atoms with van der Waals surface area (Å²) >= 11 is 0. The van der Waals surface area contributed by atoms with Crippen molar-refractivity contribution >= 4 is 0 Å². The predicted octanol–water partition coefficient (Wildman–Crippen LogP) is -0.861. The third-order valence-corrected chi connectivity index (χ3v) is 3.03. The highest BCUT2D eigenvalue weighted by Crippen LogP contribution is 2.49. The van der Waals surface area contributed by atoms with Crippen molar-refractivity contribution in [2.75, 3.05) is 13.1 Å². The van der Waals surface area contributed by atoms with Crippen LogP contribution in [0.4, 0.5) is 0 Å². The average Bonchev–Trinajstić information content (AvgIpc) is 2.59. The molecule has 2 fully saturated rings. The zero-order chi connectivity index (χ0) is 7.97. The van der Waals surface area contributed by atoms with Gasteiger partial charge >= 0.3 is 0 Å². The number of rotatable bonds is 2. The van der Waals surface area contributed by atoms with Crippen molar-refractivity contribution in [1.29, 1.82) is 0 Å². The normalized spacial score (nSPS) is 38.2. The lowest BCUT2D eigenvalue weighted by atomic mass is 10.3. The van der Waals surface area contributed by atoms with Crippen LogP contribution in [-0.4, -0.2) is 33.3 Å². The van der Waals surface area contributed by atoms with Gasteiger partial charge in [0.2, 0.25) is 0 Å². The molecule has 1 aromatic heterocycles. The lowest BCUT2D eigenvalue weighted by molar-refractivity contribution is 0.436. The number of nitrogens with one attached hydrogen (secondary N) is 1. The summed E-state index contributed by atoms with van der Waals surface area (Å²) in [7, 11) is 0. The van der Waals surface area contributed by atoms with Crippen molar-refractivity contribution in [2.24, 2.45) is 17.8 Å². The Kier molecular flexibility index (Phi) is 1.23. The Morgan fingerprint density at radius 1 is 1.42 bits per heavy atom. The first-order chi connectivity index (χ1) is 5.95. The van der Waals surface area contributed by atoms with Crippen LogP contribution < -0.4 is 5.32 Å². The van der Waals surface area contributed by atoms with Gasteiger partial charge in [-0.3, -0.25) is 0 Å². The highest BCUT2D eigenvalue weighted by Gasteiger charge is 2.52. The van der Waals surface area contributed by atoms with Crippen LogP contribution in [0.25, 0.3) is 0 Å². The maximum Gasteiger partial charge on any atom is 0.162 e.